The van der Waals surface area contributed by atoms with Gasteiger partial charge in [0.1, 0.15) is 19.7 Å². The van der Waals surface area contributed by atoms with Crippen LogP contribution in [0.1, 0.15) is 76.7 Å². The standard InChI is InChI=1S/C29H46NO2.ClH/c1-4-5-6-7-8-9-10-11-12-13-14-15-16-17-21-24-29(31)32-26-25-30(2,3)27-28-22-19-18-20-23-28;/h5-6,8-9,11-12,18-20,22-23H,4,7,10,13-17,21,24-27H2,1-3H3;1H/q+1;/p-1/b6-5-,9-8-,12-11-;. The lowest BCUT2D eigenvalue weighted by molar-refractivity contribution is -0.903. The smallest absolute Gasteiger partial charge is 0.305 e. The minimum Gasteiger partial charge on any atom is -1.00 e. The molecular weight excluding hydrogens is 430 g/mol. The minimum atomic E-state index is -0.0501. The number of hydrogen-bond donors (Lipinski definition) is 0. The van der Waals surface area contributed by atoms with E-state index < -0.39 is 0 Å². The van der Waals surface area contributed by atoms with E-state index in [1.807, 2.05) is 6.07 Å². The summed E-state index contributed by atoms with van der Waals surface area (Å²) in [5.74, 6) is -0.0501. The maximum absolute atomic E-state index is 12.0. The van der Waals surface area contributed by atoms with Gasteiger partial charge in [-0.15, -0.1) is 0 Å². The molecule has 4 heteroatoms. The molecule has 0 bridgehead atoms. The maximum Gasteiger partial charge on any atom is 0.305 e. The molecule has 0 heterocycles. The van der Waals surface area contributed by atoms with Crippen LogP contribution in [0.2, 0.25) is 0 Å². The Bertz CT molecular complexity index is 680. The summed E-state index contributed by atoms with van der Waals surface area (Å²) in [5, 5.41) is 0. The molecule has 3 nitrogen and oxygen atoms in total. The number of carbonyl (C=O) groups is 1. The van der Waals surface area contributed by atoms with Gasteiger partial charge in [0.25, 0.3) is 0 Å². The van der Waals surface area contributed by atoms with Crippen molar-refractivity contribution >= 4 is 5.97 Å². The van der Waals surface area contributed by atoms with E-state index in [4.69, 9.17) is 4.74 Å². The fourth-order valence-corrected chi connectivity index (χ4v) is 3.52. The normalized spacial score (nSPS) is 12.0. The first-order chi connectivity index (χ1) is 15.5. The number of allylic oxidation sites excluding steroid dienone is 6. The molecule has 0 aliphatic heterocycles. The average molecular weight is 476 g/mol. The second kappa shape index (κ2) is 20.7. The van der Waals surface area contributed by atoms with Crippen molar-refractivity contribution in [3.63, 3.8) is 0 Å². The van der Waals surface area contributed by atoms with E-state index in [1.165, 1.54) is 24.8 Å². The molecule has 0 spiro atoms. The van der Waals surface area contributed by atoms with Crippen LogP contribution >= 0.6 is 0 Å². The quantitative estimate of drug-likeness (QED) is 0.136. The van der Waals surface area contributed by atoms with Gasteiger partial charge in [-0.2, -0.15) is 0 Å². The number of hydrogen-bond acceptors (Lipinski definition) is 2. The van der Waals surface area contributed by atoms with E-state index in [1.54, 1.807) is 0 Å². The predicted octanol–water partition coefficient (Wildman–Crippen LogP) is 4.40. The van der Waals surface area contributed by atoms with E-state index in [0.29, 0.717) is 13.0 Å². The fourth-order valence-electron chi connectivity index (χ4n) is 3.52. The van der Waals surface area contributed by atoms with E-state index in [9.17, 15) is 4.79 Å². The summed E-state index contributed by atoms with van der Waals surface area (Å²) in [6.07, 6.45) is 24.1. The van der Waals surface area contributed by atoms with Gasteiger partial charge in [-0.05, 0) is 38.5 Å². The summed E-state index contributed by atoms with van der Waals surface area (Å²) < 4.78 is 6.28. The lowest BCUT2D eigenvalue weighted by Gasteiger charge is -2.29. The zero-order valence-electron chi connectivity index (χ0n) is 21.2. The Morgan fingerprint density at radius 1 is 0.848 bits per heavy atom. The molecule has 0 atom stereocenters. The third kappa shape index (κ3) is 19.3. The lowest BCUT2D eigenvalue weighted by Crippen LogP contribution is -3.00. The molecule has 0 N–H and O–H groups in total. The molecule has 0 saturated heterocycles. The number of likely N-dealkylation sites (N-methyl/N-ethyl adjacent to an activating group) is 1. The lowest BCUT2D eigenvalue weighted by atomic mass is 10.1. The van der Waals surface area contributed by atoms with Crippen LogP contribution in [-0.2, 0) is 16.1 Å². The number of esters is 1. The van der Waals surface area contributed by atoms with Gasteiger partial charge < -0.3 is 21.6 Å². The molecule has 1 rings (SSSR count). The zero-order valence-corrected chi connectivity index (χ0v) is 21.9. The Morgan fingerprint density at radius 2 is 1.45 bits per heavy atom. The third-order valence-corrected chi connectivity index (χ3v) is 5.44. The number of halogens is 1. The van der Waals surface area contributed by atoms with Crippen molar-refractivity contribution in [2.75, 3.05) is 27.2 Å². The van der Waals surface area contributed by atoms with Crippen LogP contribution in [0.15, 0.2) is 66.8 Å². The fraction of sp³-hybridized carbons (Fsp3) is 0.552. The summed E-state index contributed by atoms with van der Waals surface area (Å²) >= 11 is 0. The van der Waals surface area contributed by atoms with Gasteiger partial charge in [0, 0.05) is 12.0 Å². The Labute approximate surface area is 209 Å². The number of benzene rings is 1. The van der Waals surface area contributed by atoms with Gasteiger partial charge in [0.05, 0.1) is 14.1 Å². The van der Waals surface area contributed by atoms with E-state index in [2.05, 4.69) is 81.7 Å². The van der Waals surface area contributed by atoms with Gasteiger partial charge in [0.15, 0.2) is 0 Å². The maximum atomic E-state index is 12.0. The van der Waals surface area contributed by atoms with Gasteiger partial charge in [-0.25, -0.2) is 0 Å². The Morgan fingerprint density at radius 3 is 2.15 bits per heavy atom. The highest BCUT2D eigenvalue weighted by Crippen LogP contribution is 2.10. The second-order valence-electron chi connectivity index (χ2n) is 9.12. The van der Waals surface area contributed by atoms with Crippen LogP contribution < -0.4 is 12.4 Å². The molecule has 0 radical (unpaired) electrons. The van der Waals surface area contributed by atoms with Crippen molar-refractivity contribution in [1.29, 1.82) is 0 Å². The molecule has 0 aliphatic rings. The molecule has 0 fully saturated rings. The summed E-state index contributed by atoms with van der Waals surface area (Å²) in [5.41, 5.74) is 1.31. The third-order valence-electron chi connectivity index (χ3n) is 5.44. The van der Waals surface area contributed by atoms with Crippen LogP contribution in [0.25, 0.3) is 0 Å². The molecule has 0 amide bonds. The predicted molar refractivity (Wildman–Crippen MR) is 137 cm³/mol. The van der Waals surface area contributed by atoms with Crippen molar-refractivity contribution < 1.29 is 26.4 Å². The highest BCUT2D eigenvalue weighted by molar-refractivity contribution is 5.69. The number of nitrogens with zero attached hydrogens (tertiary/aromatic N) is 1. The Kier molecular flexibility index (Phi) is 19.6. The van der Waals surface area contributed by atoms with Crippen molar-refractivity contribution in [1.82, 2.24) is 0 Å². The molecule has 186 valence electrons. The number of quaternary nitrogens is 1. The first kappa shape index (κ1) is 31.2. The van der Waals surface area contributed by atoms with Crippen molar-refractivity contribution in [3.05, 3.63) is 72.4 Å². The number of carbonyl (C=O) groups excluding carboxylic acids is 1. The van der Waals surface area contributed by atoms with Crippen LogP contribution in [-0.4, -0.2) is 37.7 Å². The molecule has 33 heavy (non-hydrogen) atoms. The van der Waals surface area contributed by atoms with E-state index >= 15 is 0 Å². The van der Waals surface area contributed by atoms with Crippen LogP contribution in [0.3, 0.4) is 0 Å². The van der Waals surface area contributed by atoms with Gasteiger partial charge >= 0.3 is 5.97 Å². The van der Waals surface area contributed by atoms with Gasteiger partial charge in [-0.3, -0.25) is 4.79 Å². The molecule has 0 unspecified atom stereocenters. The molecule has 1 aromatic carbocycles. The molecular formula is C29H46ClNO2. The number of rotatable bonds is 18. The zero-order chi connectivity index (χ0) is 23.3. The first-order valence-electron chi connectivity index (χ1n) is 12.5. The van der Waals surface area contributed by atoms with Gasteiger partial charge in [0.2, 0.25) is 0 Å². The van der Waals surface area contributed by atoms with Gasteiger partial charge in [-0.1, -0.05) is 93.0 Å². The minimum absolute atomic E-state index is 0. The Balaban J connectivity index is 0.0000102. The Hall–Kier alpha value is -1.84. The molecule has 0 aliphatic carbocycles. The summed E-state index contributed by atoms with van der Waals surface area (Å²) in [6, 6.07) is 10.5. The van der Waals surface area contributed by atoms with Crippen molar-refractivity contribution in [3.8, 4) is 0 Å². The molecule has 1 aromatic rings. The van der Waals surface area contributed by atoms with Crippen LogP contribution in [0.4, 0.5) is 0 Å². The highest BCUT2D eigenvalue weighted by atomic mass is 35.5. The molecule has 0 saturated carbocycles. The van der Waals surface area contributed by atoms with Crippen LogP contribution in [0, 0.1) is 0 Å². The van der Waals surface area contributed by atoms with Crippen molar-refractivity contribution in [2.45, 2.75) is 77.7 Å². The summed E-state index contributed by atoms with van der Waals surface area (Å²) in [7, 11) is 4.36. The highest BCUT2D eigenvalue weighted by Gasteiger charge is 2.16. The van der Waals surface area contributed by atoms with Crippen LogP contribution in [0.5, 0.6) is 0 Å². The van der Waals surface area contributed by atoms with E-state index in [-0.39, 0.29) is 18.4 Å². The first-order valence-corrected chi connectivity index (χ1v) is 12.5. The second-order valence-corrected chi connectivity index (χ2v) is 9.12. The van der Waals surface area contributed by atoms with Crippen molar-refractivity contribution in [2.24, 2.45) is 0 Å². The molecule has 0 aromatic heterocycles. The van der Waals surface area contributed by atoms with E-state index in [0.717, 1.165) is 56.1 Å². The largest absolute Gasteiger partial charge is 1.00 e. The number of unbranched alkanes of at least 4 members (excludes halogenated alkanes) is 5. The summed E-state index contributed by atoms with van der Waals surface area (Å²) in [6.45, 7) is 4.43. The summed E-state index contributed by atoms with van der Waals surface area (Å²) in [4.78, 5) is 12.0. The monoisotopic (exact) mass is 475 g/mol. The average Bonchev–Trinajstić information content (AvgIpc) is 2.76. The SMILES string of the molecule is CC/C=C\C/C=C\C/C=C\CCCCCCCC(=O)OCC[N+](C)(C)Cc1ccccc1.[Cl-]. The topological polar surface area (TPSA) is 26.3 Å². The number of ether oxygens (including phenoxy) is 1.